The fraction of sp³-hybridized carbons (Fsp3) is 0.188. The van der Waals surface area contributed by atoms with E-state index in [-0.39, 0.29) is 17.7 Å². The molecule has 25 heavy (non-hydrogen) atoms. The molecule has 130 valence electrons. The van der Waals surface area contributed by atoms with E-state index in [1.807, 2.05) is 0 Å². The van der Waals surface area contributed by atoms with Crippen molar-refractivity contribution in [2.75, 3.05) is 7.11 Å². The number of aromatic nitrogens is 1. The summed E-state index contributed by atoms with van der Waals surface area (Å²) in [7, 11) is 1.37. The second kappa shape index (κ2) is 7.86. The third-order valence-corrected chi connectivity index (χ3v) is 3.43. The Hall–Kier alpha value is -3.49. The predicted octanol–water partition coefficient (Wildman–Crippen LogP) is 1.42. The maximum atomic E-state index is 12.1. The molecule has 2 rings (SSSR count). The van der Waals surface area contributed by atoms with Gasteiger partial charge in [-0.2, -0.15) is 0 Å². The lowest BCUT2D eigenvalue weighted by atomic mass is 10.0. The molecule has 9 nitrogen and oxygen atoms in total. The highest BCUT2D eigenvalue weighted by molar-refractivity contribution is 5.96. The Bertz CT molecular complexity index is 794. The summed E-state index contributed by atoms with van der Waals surface area (Å²) in [5, 5.41) is 22.7. The Morgan fingerprint density at radius 3 is 2.72 bits per heavy atom. The molecule has 1 amide bonds. The van der Waals surface area contributed by atoms with Crippen molar-refractivity contribution in [2.24, 2.45) is 0 Å². The number of nitro groups is 1. The van der Waals surface area contributed by atoms with Crippen molar-refractivity contribution in [3.05, 3.63) is 64.0 Å². The third-order valence-electron chi connectivity index (χ3n) is 3.43. The normalized spacial score (nSPS) is 11.4. The van der Waals surface area contributed by atoms with Crippen LogP contribution in [-0.2, 0) is 11.2 Å². The number of pyridine rings is 1. The molecule has 9 heteroatoms. The van der Waals surface area contributed by atoms with Crippen LogP contribution < -0.4 is 10.1 Å². The van der Waals surface area contributed by atoms with Crippen LogP contribution in [0.4, 0.5) is 5.69 Å². The molecule has 0 bridgehead atoms. The maximum absolute atomic E-state index is 12.1. The van der Waals surface area contributed by atoms with Gasteiger partial charge >= 0.3 is 5.97 Å². The number of non-ortho nitro benzene ring substituents is 1. The molecular weight excluding hydrogens is 330 g/mol. The number of nitrogens with one attached hydrogen (secondary N) is 1. The van der Waals surface area contributed by atoms with Gasteiger partial charge in [-0.3, -0.25) is 19.9 Å². The van der Waals surface area contributed by atoms with Crippen LogP contribution >= 0.6 is 0 Å². The first-order valence-electron chi connectivity index (χ1n) is 7.17. The van der Waals surface area contributed by atoms with Crippen molar-refractivity contribution in [3.63, 3.8) is 0 Å². The SMILES string of the molecule is COc1ccc([N+](=O)[O-])cc1C[C@H](NC(=O)c1cccnc1)C(=O)O. The van der Waals surface area contributed by atoms with E-state index in [1.54, 1.807) is 6.07 Å². The third kappa shape index (κ3) is 4.50. The smallest absolute Gasteiger partial charge is 0.326 e. The van der Waals surface area contributed by atoms with Crippen LogP contribution in [0.1, 0.15) is 15.9 Å². The number of carboxylic acid groups (broad SMARTS) is 1. The number of nitro benzene ring substituents is 1. The van der Waals surface area contributed by atoms with Crippen LogP contribution in [0.15, 0.2) is 42.7 Å². The Labute approximate surface area is 142 Å². The van der Waals surface area contributed by atoms with Crippen LogP contribution in [0, 0.1) is 10.1 Å². The fourth-order valence-corrected chi connectivity index (χ4v) is 2.20. The Kier molecular flexibility index (Phi) is 5.62. The first kappa shape index (κ1) is 17.9. The van der Waals surface area contributed by atoms with Gasteiger partial charge < -0.3 is 15.2 Å². The zero-order chi connectivity index (χ0) is 18.4. The van der Waals surface area contributed by atoms with Gasteiger partial charge in [0.15, 0.2) is 0 Å². The number of benzene rings is 1. The molecule has 0 aliphatic heterocycles. The van der Waals surface area contributed by atoms with Gasteiger partial charge in [0.1, 0.15) is 11.8 Å². The maximum Gasteiger partial charge on any atom is 0.326 e. The van der Waals surface area contributed by atoms with Gasteiger partial charge in [-0.25, -0.2) is 4.79 Å². The first-order valence-corrected chi connectivity index (χ1v) is 7.17. The summed E-state index contributed by atoms with van der Waals surface area (Å²) in [6.45, 7) is 0. The number of hydrogen-bond donors (Lipinski definition) is 2. The summed E-state index contributed by atoms with van der Waals surface area (Å²) in [6.07, 6.45) is 2.62. The van der Waals surface area contributed by atoms with Crippen molar-refractivity contribution in [1.29, 1.82) is 0 Å². The molecule has 0 unspecified atom stereocenters. The van der Waals surface area contributed by atoms with Gasteiger partial charge in [-0.15, -0.1) is 0 Å². The van der Waals surface area contributed by atoms with E-state index >= 15 is 0 Å². The average Bonchev–Trinajstić information content (AvgIpc) is 2.61. The highest BCUT2D eigenvalue weighted by atomic mass is 16.6. The van der Waals surface area contributed by atoms with Crippen molar-refractivity contribution >= 4 is 17.6 Å². The molecule has 1 heterocycles. The Morgan fingerprint density at radius 2 is 2.16 bits per heavy atom. The van der Waals surface area contributed by atoms with Gasteiger partial charge in [-0.05, 0) is 18.2 Å². The molecular formula is C16H15N3O6. The van der Waals surface area contributed by atoms with Crippen LogP contribution in [0.2, 0.25) is 0 Å². The first-order chi connectivity index (χ1) is 11.9. The highest BCUT2D eigenvalue weighted by Gasteiger charge is 2.24. The number of aliphatic carboxylic acids is 1. The second-order valence-electron chi connectivity index (χ2n) is 5.06. The highest BCUT2D eigenvalue weighted by Crippen LogP contribution is 2.25. The number of rotatable bonds is 7. The molecule has 2 aromatic rings. The molecule has 0 aliphatic carbocycles. The molecule has 2 N–H and O–H groups in total. The van der Waals surface area contributed by atoms with Crippen LogP contribution in [0.3, 0.4) is 0 Å². The topological polar surface area (TPSA) is 132 Å². The van der Waals surface area contributed by atoms with E-state index in [9.17, 15) is 24.8 Å². The van der Waals surface area contributed by atoms with Crippen molar-refractivity contribution in [3.8, 4) is 5.75 Å². The monoisotopic (exact) mass is 345 g/mol. The number of carboxylic acids is 1. The lowest BCUT2D eigenvalue weighted by Gasteiger charge is -2.16. The molecule has 1 aromatic heterocycles. The molecule has 1 aromatic carbocycles. The fourth-order valence-electron chi connectivity index (χ4n) is 2.20. The molecule has 0 saturated carbocycles. The lowest BCUT2D eigenvalue weighted by Crippen LogP contribution is -2.42. The van der Waals surface area contributed by atoms with Crippen molar-refractivity contribution in [2.45, 2.75) is 12.5 Å². The zero-order valence-electron chi connectivity index (χ0n) is 13.2. The minimum absolute atomic E-state index is 0.174. The van der Waals surface area contributed by atoms with Crippen LogP contribution in [0.25, 0.3) is 0 Å². The van der Waals surface area contributed by atoms with Gasteiger partial charge in [0.25, 0.3) is 11.6 Å². The zero-order valence-corrected chi connectivity index (χ0v) is 13.2. The molecule has 0 saturated heterocycles. The number of nitrogens with zero attached hydrogens (tertiary/aromatic N) is 2. The minimum atomic E-state index is -1.29. The quantitative estimate of drug-likeness (QED) is 0.573. The number of amides is 1. The van der Waals surface area contributed by atoms with Crippen LogP contribution in [-0.4, -0.2) is 40.0 Å². The summed E-state index contributed by atoms with van der Waals surface area (Å²) in [5.41, 5.74) is 0.314. The standard InChI is InChI=1S/C16H15N3O6/c1-25-14-5-4-12(19(23)24)7-11(14)8-13(16(21)22)18-15(20)10-3-2-6-17-9-10/h2-7,9,13H,8H2,1H3,(H,18,20)(H,21,22)/t13-/m0/s1. The Balaban J connectivity index is 2.24. The number of carbonyl (C=O) groups excluding carboxylic acids is 1. The van der Waals surface area contributed by atoms with Gasteiger partial charge in [0.2, 0.25) is 0 Å². The van der Waals surface area contributed by atoms with E-state index < -0.39 is 22.8 Å². The summed E-state index contributed by atoms with van der Waals surface area (Å²) in [5.74, 6) is -1.58. The number of carbonyl (C=O) groups is 2. The van der Waals surface area contributed by atoms with Crippen LogP contribution in [0.5, 0.6) is 5.75 Å². The summed E-state index contributed by atoms with van der Waals surface area (Å²) >= 11 is 0. The van der Waals surface area contributed by atoms with E-state index in [4.69, 9.17) is 4.74 Å². The number of hydrogen-bond acceptors (Lipinski definition) is 6. The number of ether oxygens (including phenoxy) is 1. The molecule has 0 spiro atoms. The summed E-state index contributed by atoms with van der Waals surface area (Å²) in [6, 6.07) is 5.62. The Morgan fingerprint density at radius 1 is 1.40 bits per heavy atom. The molecule has 0 radical (unpaired) electrons. The van der Waals surface area contributed by atoms with Crippen molar-refractivity contribution in [1.82, 2.24) is 10.3 Å². The van der Waals surface area contributed by atoms with Gasteiger partial charge in [0.05, 0.1) is 17.6 Å². The van der Waals surface area contributed by atoms with Gasteiger partial charge in [0, 0.05) is 36.5 Å². The van der Waals surface area contributed by atoms with Crippen molar-refractivity contribution < 1.29 is 24.4 Å². The lowest BCUT2D eigenvalue weighted by molar-refractivity contribution is -0.384. The van der Waals surface area contributed by atoms with E-state index in [2.05, 4.69) is 10.3 Å². The average molecular weight is 345 g/mol. The van der Waals surface area contributed by atoms with Gasteiger partial charge in [-0.1, -0.05) is 0 Å². The molecule has 1 atom stereocenters. The van der Waals surface area contributed by atoms with E-state index in [0.717, 1.165) is 0 Å². The predicted molar refractivity (Wildman–Crippen MR) is 86.5 cm³/mol. The van der Waals surface area contributed by atoms with E-state index in [0.29, 0.717) is 11.3 Å². The number of methoxy groups -OCH3 is 1. The second-order valence-corrected chi connectivity index (χ2v) is 5.06. The summed E-state index contributed by atoms with van der Waals surface area (Å²) < 4.78 is 5.11. The van der Waals surface area contributed by atoms with E-state index in [1.165, 1.54) is 43.8 Å². The molecule has 0 aliphatic rings. The molecule has 0 fully saturated rings. The minimum Gasteiger partial charge on any atom is -0.496 e. The largest absolute Gasteiger partial charge is 0.496 e. The summed E-state index contributed by atoms with van der Waals surface area (Å²) in [4.78, 5) is 37.7.